The number of nitrogens with zero attached hydrogens (tertiary/aromatic N) is 2. The highest BCUT2D eigenvalue weighted by Crippen LogP contribution is 2.41. The van der Waals surface area contributed by atoms with Crippen molar-refractivity contribution < 1.29 is 37.6 Å². The van der Waals surface area contributed by atoms with Crippen molar-refractivity contribution in [2.75, 3.05) is 14.1 Å². The highest BCUT2D eigenvalue weighted by molar-refractivity contribution is 8.14. The third-order valence-electron chi connectivity index (χ3n) is 5.69. The van der Waals surface area contributed by atoms with E-state index in [1.54, 1.807) is 43.3 Å². The Morgan fingerprint density at radius 3 is 2.29 bits per heavy atom. The van der Waals surface area contributed by atoms with Gasteiger partial charge < -0.3 is 29.3 Å². The van der Waals surface area contributed by atoms with E-state index in [0.29, 0.717) is 23.1 Å². The van der Waals surface area contributed by atoms with Crippen LogP contribution in [0.1, 0.15) is 11.1 Å². The van der Waals surface area contributed by atoms with Crippen LogP contribution >= 0.6 is 11.8 Å². The second-order valence-electron chi connectivity index (χ2n) is 8.56. The highest BCUT2D eigenvalue weighted by Gasteiger charge is 2.57. The molecule has 2 heterocycles. The molecule has 2 aliphatic heterocycles. The molecule has 2 aromatic carbocycles. The quantitative estimate of drug-likeness (QED) is 0.590. The number of alkyl halides is 3. The number of benzene rings is 2. The summed E-state index contributed by atoms with van der Waals surface area (Å²) in [5.74, 6) is 0.570. The van der Waals surface area contributed by atoms with Crippen LogP contribution in [-0.2, 0) is 22.7 Å². The van der Waals surface area contributed by atoms with Crippen molar-refractivity contribution >= 4 is 16.9 Å². The summed E-state index contributed by atoms with van der Waals surface area (Å²) in [5, 5.41) is 21.4. The SMILES string of the molecule is CN(C)C1=N[C@@H]2[C@@H](O)[C@H](O)[C@@H]([C@@H](OCc3ccc(OCc4ccccc4)cc3)C(F)(F)F)O[C@@H]2S1. The van der Waals surface area contributed by atoms with Crippen LogP contribution in [0.15, 0.2) is 59.6 Å². The molecule has 0 saturated carbocycles. The van der Waals surface area contributed by atoms with Gasteiger partial charge in [-0.25, -0.2) is 0 Å². The number of hydrogen-bond donors (Lipinski definition) is 2. The standard InChI is InChI=1S/C24H27F3N2O5S/c1-29(2)23-28-17-18(30)19(31)20(34-22(17)35-23)21(24(25,26)27)33-13-15-8-10-16(11-9-15)32-12-14-6-4-3-5-7-14/h3-11,17-22,30-31H,12-13H2,1-2H3/t17-,18-,19+,20+,21-,22-/m1/s1. The zero-order valence-corrected chi connectivity index (χ0v) is 19.9. The lowest BCUT2D eigenvalue weighted by Crippen LogP contribution is -2.61. The lowest BCUT2D eigenvalue weighted by Gasteiger charge is -2.41. The summed E-state index contributed by atoms with van der Waals surface area (Å²) >= 11 is 1.11. The lowest BCUT2D eigenvalue weighted by atomic mass is 9.94. The number of rotatable bonds is 7. The second-order valence-corrected chi connectivity index (χ2v) is 9.62. The number of hydrogen-bond acceptors (Lipinski definition) is 8. The average molecular weight is 513 g/mol. The molecule has 11 heteroatoms. The Kier molecular flexibility index (Phi) is 7.92. The van der Waals surface area contributed by atoms with Gasteiger partial charge in [0.2, 0.25) is 0 Å². The summed E-state index contributed by atoms with van der Waals surface area (Å²) in [6.45, 7) is -0.00199. The van der Waals surface area contributed by atoms with Gasteiger partial charge in [0, 0.05) is 14.1 Å². The molecule has 2 N–H and O–H groups in total. The Hall–Kier alpha value is -2.31. The fraction of sp³-hybridized carbons (Fsp3) is 0.458. The molecule has 4 rings (SSSR count). The molecule has 0 radical (unpaired) electrons. The Labute approximate surface area is 205 Å². The van der Waals surface area contributed by atoms with Gasteiger partial charge in [-0.15, -0.1) is 0 Å². The zero-order valence-electron chi connectivity index (χ0n) is 19.1. The van der Waals surface area contributed by atoms with Crippen molar-refractivity contribution in [2.24, 2.45) is 4.99 Å². The summed E-state index contributed by atoms with van der Waals surface area (Å²) in [7, 11) is 3.45. The van der Waals surface area contributed by atoms with E-state index < -0.39 is 42.1 Å². The summed E-state index contributed by atoms with van der Waals surface area (Å²) in [4.78, 5) is 5.94. The first kappa shape index (κ1) is 25.8. The van der Waals surface area contributed by atoms with E-state index in [9.17, 15) is 23.4 Å². The number of fused-ring (bicyclic) bond motifs is 1. The number of aliphatic imine (C=N–C) groups is 1. The van der Waals surface area contributed by atoms with Crippen molar-refractivity contribution in [3.05, 3.63) is 65.7 Å². The van der Waals surface area contributed by atoms with Crippen LogP contribution in [0.2, 0.25) is 0 Å². The highest BCUT2D eigenvalue weighted by atomic mass is 32.2. The predicted molar refractivity (Wildman–Crippen MR) is 125 cm³/mol. The summed E-state index contributed by atoms with van der Waals surface area (Å²) in [6, 6.07) is 15.2. The van der Waals surface area contributed by atoms with Gasteiger partial charge in [0.15, 0.2) is 11.3 Å². The van der Waals surface area contributed by atoms with E-state index in [4.69, 9.17) is 14.2 Å². The molecule has 0 spiro atoms. The molecule has 1 saturated heterocycles. The van der Waals surface area contributed by atoms with Gasteiger partial charge in [-0.2, -0.15) is 13.2 Å². The molecule has 0 unspecified atom stereocenters. The molecule has 7 nitrogen and oxygen atoms in total. The third kappa shape index (κ3) is 6.10. The predicted octanol–water partition coefficient (Wildman–Crippen LogP) is 3.19. The molecule has 6 atom stereocenters. The number of ether oxygens (including phenoxy) is 3. The molecule has 35 heavy (non-hydrogen) atoms. The van der Waals surface area contributed by atoms with Crippen molar-refractivity contribution in [3.8, 4) is 5.75 Å². The Balaban J connectivity index is 1.39. The molecular weight excluding hydrogens is 485 g/mol. The molecule has 0 bridgehead atoms. The molecule has 190 valence electrons. The fourth-order valence-corrected chi connectivity index (χ4v) is 4.97. The van der Waals surface area contributed by atoms with Crippen LogP contribution in [0.25, 0.3) is 0 Å². The minimum Gasteiger partial charge on any atom is -0.489 e. The van der Waals surface area contributed by atoms with Gasteiger partial charge >= 0.3 is 6.18 Å². The molecule has 0 aromatic heterocycles. The molecule has 2 aliphatic rings. The van der Waals surface area contributed by atoms with Crippen molar-refractivity contribution in [3.63, 3.8) is 0 Å². The normalized spacial score (nSPS) is 27.2. The van der Waals surface area contributed by atoms with E-state index in [1.807, 2.05) is 30.3 Å². The Bertz CT molecular complexity index is 1010. The minimum absolute atomic E-state index is 0.367. The number of amidine groups is 1. The van der Waals surface area contributed by atoms with E-state index in [0.717, 1.165) is 17.3 Å². The summed E-state index contributed by atoms with van der Waals surface area (Å²) in [6.07, 6.45) is -12.4. The Morgan fingerprint density at radius 2 is 1.66 bits per heavy atom. The van der Waals surface area contributed by atoms with Crippen LogP contribution in [0.4, 0.5) is 13.2 Å². The van der Waals surface area contributed by atoms with Crippen molar-refractivity contribution in [1.29, 1.82) is 0 Å². The number of aliphatic hydroxyl groups excluding tert-OH is 2. The monoisotopic (exact) mass is 512 g/mol. The van der Waals surface area contributed by atoms with Gasteiger partial charge in [0.05, 0.1) is 6.61 Å². The van der Waals surface area contributed by atoms with Gasteiger partial charge in [0.25, 0.3) is 0 Å². The van der Waals surface area contributed by atoms with E-state index in [1.165, 1.54) is 0 Å². The third-order valence-corrected chi connectivity index (χ3v) is 7.00. The number of halogens is 3. The lowest BCUT2D eigenvalue weighted by molar-refractivity contribution is -0.286. The number of thioether (sulfide) groups is 1. The molecular formula is C24H27F3N2O5S. The maximum Gasteiger partial charge on any atom is 0.417 e. The maximum absolute atomic E-state index is 13.9. The second kappa shape index (κ2) is 10.8. The van der Waals surface area contributed by atoms with Crippen LogP contribution in [0, 0.1) is 0 Å². The fourth-order valence-electron chi connectivity index (χ4n) is 3.83. The molecule has 0 amide bonds. The van der Waals surface area contributed by atoms with E-state index >= 15 is 0 Å². The molecule has 0 aliphatic carbocycles. The van der Waals surface area contributed by atoms with Crippen molar-refractivity contribution in [1.82, 2.24) is 4.90 Å². The first-order valence-corrected chi connectivity index (χ1v) is 11.9. The molecule has 2 aromatic rings. The maximum atomic E-state index is 13.9. The van der Waals surface area contributed by atoms with Gasteiger partial charge in [0.1, 0.15) is 42.1 Å². The first-order valence-electron chi connectivity index (χ1n) is 11.0. The van der Waals surface area contributed by atoms with E-state index in [-0.39, 0.29) is 6.61 Å². The van der Waals surface area contributed by atoms with Crippen LogP contribution in [0.5, 0.6) is 5.75 Å². The smallest absolute Gasteiger partial charge is 0.417 e. The van der Waals surface area contributed by atoms with Gasteiger partial charge in [-0.05, 0) is 23.3 Å². The van der Waals surface area contributed by atoms with E-state index in [2.05, 4.69) is 4.99 Å². The van der Waals surface area contributed by atoms with Crippen LogP contribution < -0.4 is 4.74 Å². The summed E-state index contributed by atoms with van der Waals surface area (Å²) in [5.41, 5.74) is 0.626. The minimum atomic E-state index is -4.83. The number of aliphatic hydroxyl groups is 2. The van der Waals surface area contributed by atoms with Gasteiger partial charge in [-0.1, -0.05) is 54.2 Å². The van der Waals surface area contributed by atoms with Crippen LogP contribution in [0.3, 0.4) is 0 Å². The van der Waals surface area contributed by atoms with Gasteiger partial charge in [-0.3, -0.25) is 4.99 Å². The molecule has 1 fully saturated rings. The van der Waals surface area contributed by atoms with Crippen molar-refractivity contribution in [2.45, 2.75) is 55.3 Å². The van der Waals surface area contributed by atoms with Crippen LogP contribution in [-0.4, -0.2) is 76.4 Å². The first-order chi connectivity index (χ1) is 16.6. The largest absolute Gasteiger partial charge is 0.489 e. The Morgan fingerprint density at radius 1 is 1.00 bits per heavy atom. The summed E-state index contributed by atoms with van der Waals surface area (Å²) < 4.78 is 58.3. The zero-order chi connectivity index (χ0) is 25.2. The topological polar surface area (TPSA) is 83.8 Å². The average Bonchev–Trinajstić information content (AvgIpc) is 3.26.